The quantitative estimate of drug-likeness (QED) is 0.0226. The molecule has 0 spiro atoms. The summed E-state index contributed by atoms with van der Waals surface area (Å²) in [6.07, 6.45) is 2.75. The first-order valence-electron chi connectivity index (χ1n) is 26.6. The van der Waals surface area contributed by atoms with Gasteiger partial charge in [0, 0.05) is 93.6 Å². The lowest BCUT2D eigenvalue weighted by atomic mass is 10.4. The molecule has 0 rings (SSSR count). The predicted octanol–water partition coefficient (Wildman–Crippen LogP) is 4.53. The van der Waals surface area contributed by atoms with E-state index in [0.29, 0.717) is 66.6 Å². The topological polar surface area (TPSA) is 704 Å². The van der Waals surface area contributed by atoms with Crippen molar-refractivity contribution >= 4 is 293 Å². The fourth-order valence-corrected chi connectivity index (χ4v) is 41.6. The minimum Gasteiger partial charge on any atom is -0.396 e. The second-order valence-electron chi connectivity index (χ2n) is 17.7. The molecule has 0 aliphatic rings. The summed E-state index contributed by atoms with van der Waals surface area (Å²) >= 11 is 0. The van der Waals surface area contributed by atoms with Gasteiger partial charge in [-0.15, -0.1) is 0 Å². The van der Waals surface area contributed by atoms with Gasteiger partial charge in [0.15, 0.2) is 17.7 Å². The lowest BCUT2D eigenvalue weighted by molar-refractivity contribution is 0.287. The van der Waals surface area contributed by atoms with Gasteiger partial charge in [0.1, 0.15) is 9.83 Å². The number of hydrogen-bond acceptors (Lipinski definition) is 41. The summed E-state index contributed by atoms with van der Waals surface area (Å²) in [5.74, 6) is -0.711. The third kappa shape index (κ3) is 125. The zero-order chi connectivity index (χ0) is 80.6. The average Bonchev–Trinajstić information content (AvgIpc) is 0.975. The summed E-state index contributed by atoms with van der Waals surface area (Å²) < 4.78 is 377. The van der Waals surface area contributed by atoms with E-state index < -0.39 is 182 Å². The molecule has 39 nitrogen and oxygen atoms in total. The summed E-state index contributed by atoms with van der Waals surface area (Å²) in [4.78, 5) is 0. The molecule has 5 atom stereocenters. The highest BCUT2D eigenvalue weighted by atomic mass is 33.7. The molecule has 0 fully saturated rings. The zero-order valence-electron chi connectivity index (χ0n) is 52.3. The molecule has 0 heterocycles. The third-order valence-corrected chi connectivity index (χ3v) is 50.6. The van der Waals surface area contributed by atoms with E-state index in [4.69, 9.17) is 55.2 Å². The van der Waals surface area contributed by atoms with Crippen molar-refractivity contribution in [3.63, 3.8) is 0 Å². The molecule has 0 aliphatic heterocycles. The number of unbranched alkanes of at least 4 members (excludes halogenated alkanes) is 1. The van der Waals surface area contributed by atoms with Crippen LogP contribution in [0, 0.1) is 0 Å². The van der Waals surface area contributed by atoms with Gasteiger partial charge in [0.05, 0.1) is 82.9 Å². The molecule has 0 saturated heterocycles. The van der Waals surface area contributed by atoms with Crippen molar-refractivity contribution in [2.45, 2.75) is 77.0 Å². The maximum Gasteiger partial charge on any atom is 0.264 e. The molecule has 102 heavy (non-hydrogen) atoms. The molecule has 0 radical (unpaired) electrons. The molecule has 68 heteroatoms. The smallest absolute Gasteiger partial charge is 0.264 e. The first-order valence-corrected chi connectivity index (χ1v) is 69.0. The Bertz CT molecular complexity index is 3650. The Morgan fingerprint density at radius 3 is 0.775 bits per heavy atom. The van der Waals surface area contributed by atoms with Gasteiger partial charge in [-0.05, 0) is 128 Å². The van der Waals surface area contributed by atoms with Crippen molar-refractivity contribution in [3.8, 4) is 0 Å². The fourth-order valence-electron chi connectivity index (χ4n) is 4.27. The van der Waals surface area contributed by atoms with Gasteiger partial charge in [-0.1, -0.05) is 54.0 Å². The Morgan fingerprint density at radius 1 is 0.235 bits per heavy atom. The Balaban J connectivity index is -0.000000274. The minimum absolute atomic E-state index is 0.0322. The largest absolute Gasteiger partial charge is 0.396 e. The summed E-state index contributed by atoms with van der Waals surface area (Å²) in [6.45, 7) is -0.0322. The highest BCUT2D eigenvalue weighted by molar-refractivity contribution is 9.26. The standard InChI is InChI=1S/C6H14O8S5.2C6H14O7S6.C6H14O7S5.C6H14O6S6.C4H10O4S/c7-16(4-2-6-19(12,13)14)17(8)15-3-1-5-18(9,10)11;7-17(4-2-6-19(11,12)13)16-15-14-3-1-5-18(8,9)10;7-17(15-4-2-6-19(11,12)13)16-14-3-1-5-18(8,9)10;7-16(4-2-6-18(11,12)13)15-14-3-1-5-17(8,9)10;7-17(8,9)5-1-3-13-15-16-14-4-2-6-18(10,11)12;5-3-1-2-4-9(6,7)8/h1-6H2,(H,9,10,11)(H,12,13,14);2*1-6H2,(H,8,9,10)(H,11,12,13);1-6H2,(H,8,9,10)(H,11,12,13);1-6H2,(H,7,8,9)(H,10,11,12);5H,1-4H2,(H,6,7,8). The van der Waals surface area contributed by atoms with Crippen LogP contribution >= 0.6 is 135 Å². The van der Waals surface area contributed by atoms with Crippen LogP contribution < -0.4 is 0 Å². The number of aliphatic hydroxyl groups is 1. The SMILES string of the molecule is O=S(=O)(O)CCCCO.O=S(=O)(O)CCCSSSSCCCS(=O)(=O)O.O=S(CCCS(=O)(=O)O)S(=O)SCCCS(=O)(=O)O.O=S(CCCS(=O)(=O)O)SSCCCS(=O)(=O)O.O=S(CCCS(=O)(=O)O)SSSCCCS(=O)(=O)O.O=S(SCCCS(=O)(=O)O)SSCCCS(=O)(=O)O. The van der Waals surface area contributed by atoms with Crippen molar-refractivity contribution < 1.29 is 169 Å². The first kappa shape index (κ1) is 117. The van der Waals surface area contributed by atoms with E-state index in [0.717, 1.165) is 51.1 Å². The van der Waals surface area contributed by atoms with Gasteiger partial charge in [-0.2, -0.15) is 92.6 Å². The molecule has 5 unspecified atom stereocenters. The van der Waals surface area contributed by atoms with Crippen LogP contribution in [0.2, 0.25) is 0 Å². The zero-order valence-corrected chi connectivity index (χ0v) is 75.9. The predicted molar refractivity (Wildman–Crippen MR) is 431 cm³/mol. The molecule has 0 bridgehead atoms. The number of hydrogen-bond donors (Lipinski definition) is 12. The molecule has 0 aromatic rings. The van der Waals surface area contributed by atoms with Gasteiger partial charge in [0.25, 0.3) is 111 Å². The highest BCUT2D eigenvalue weighted by Gasteiger charge is 2.16. The number of rotatable bonds is 57. The van der Waals surface area contributed by atoms with Crippen molar-refractivity contribution in [2.24, 2.45) is 0 Å². The molecule has 0 saturated carbocycles. The third-order valence-electron chi connectivity index (χ3n) is 8.21. The number of aliphatic hydroxyl groups excluding tert-OH is 1. The Labute approximate surface area is 657 Å². The van der Waals surface area contributed by atoms with Gasteiger partial charge in [-0.25, -0.2) is 21.0 Å². The lowest BCUT2D eigenvalue weighted by Gasteiger charge is -2.01. The Morgan fingerprint density at radius 2 is 0.471 bits per heavy atom. The lowest BCUT2D eigenvalue weighted by Crippen LogP contribution is -2.10. The van der Waals surface area contributed by atoms with Crippen molar-refractivity contribution in [1.82, 2.24) is 0 Å². The van der Waals surface area contributed by atoms with Gasteiger partial charge in [-0.3, -0.25) is 50.1 Å². The molecule has 0 amide bonds. The van der Waals surface area contributed by atoms with E-state index in [1.807, 2.05) is 0 Å². The van der Waals surface area contributed by atoms with Crippen LogP contribution in [0.15, 0.2) is 0 Å². The Hall–Kier alpha value is 4.27. The van der Waals surface area contributed by atoms with Gasteiger partial charge >= 0.3 is 0 Å². The van der Waals surface area contributed by atoms with E-state index in [2.05, 4.69) is 0 Å². The van der Waals surface area contributed by atoms with Gasteiger partial charge < -0.3 is 5.11 Å². The van der Waals surface area contributed by atoms with Crippen LogP contribution in [-0.4, -0.2) is 296 Å². The van der Waals surface area contributed by atoms with E-state index in [-0.39, 0.29) is 115 Å². The summed E-state index contributed by atoms with van der Waals surface area (Å²) in [7, 11) is -35.1. The second-order valence-corrected chi connectivity index (χ2v) is 67.2. The summed E-state index contributed by atoms with van der Waals surface area (Å²) in [6, 6.07) is 0. The van der Waals surface area contributed by atoms with Crippen LogP contribution in [0.4, 0.5) is 0 Å². The van der Waals surface area contributed by atoms with Gasteiger partial charge in [0.2, 0.25) is 0 Å². The molecule has 12 N–H and O–H groups in total. The maximum atomic E-state index is 11.4. The maximum absolute atomic E-state index is 11.4. The highest BCUT2D eigenvalue weighted by Crippen LogP contribution is 2.43. The molecule has 0 aromatic carbocycles. The summed E-state index contributed by atoms with van der Waals surface area (Å²) in [5, 5.41) is 8.19. The second kappa shape index (κ2) is 65.4. The van der Waals surface area contributed by atoms with Crippen LogP contribution in [0.5, 0.6) is 0 Å². The Kier molecular flexibility index (Phi) is 75.1. The van der Waals surface area contributed by atoms with E-state index in [9.17, 15) is 114 Å². The van der Waals surface area contributed by atoms with E-state index in [1.54, 1.807) is 0 Å². The van der Waals surface area contributed by atoms with E-state index in [1.165, 1.54) is 83.4 Å². The molecular formula is C34H80O39S29. The molecular weight excluding hydrogens is 1960 g/mol. The van der Waals surface area contributed by atoms with Crippen molar-refractivity contribution in [1.29, 1.82) is 0 Å². The van der Waals surface area contributed by atoms with Crippen LogP contribution in [0.25, 0.3) is 0 Å². The normalized spacial score (nSPS) is 14.2. The molecule has 0 aliphatic carbocycles. The minimum atomic E-state index is -4.12. The van der Waals surface area contributed by atoms with E-state index >= 15 is 0 Å². The van der Waals surface area contributed by atoms with Crippen LogP contribution in [0.3, 0.4) is 0 Å². The monoisotopic (exact) mass is 2040 g/mol. The average molecular weight is 2040 g/mol. The van der Waals surface area contributed by atoms with Crippen LogP contribution in [-0.2, 0) is 159 Å². The first-order chi connectivity index (χ1) is 46.1. The van der Waals surface area contributed by atoms with Crippen molar-refractivity contribution in [3.05, 3.63) is 0 Å². The van der Waals surface area contributed by atoms with Crippen molar-refractivity contribution in [2.75, 3.05) is 127 Å². The fraction of sp³-hybridized carbons (Fsp3) is 1.00. The molecule has 0 aromatic heterocycles. The van der Waals surface area contributed by atoms with Crippen LogP contribution in [0.1, 0.15) is 77.0 Å². The molecule has 624 valence electrons. The summed E-state index contributed by atoms with van der Waals surface area (Å²) in [5.41, 5.74) is 0.